The smallest absolute Gasteiger partial charge is 0.321 e. The van der Waals surface area contributed by atoms with Gasteiger partial charge >= 0.3 is 6.03 Å². The van der Waals surface area contributed by atoms with E-state index < -0.39 is 10.0 Å². The van der Waals surface area contributed by atoms with E-state index in [0.717, 1.165) is 5.56 Å². The third kappa shape index (κ3) is 4.39. The van der Waals surface area contributed by atoms with Crippen molar-refractivity contribution in [2.75, 3.05) is 35.5 Å². The fourth-order valence-electron chi connectivity index (χ4n) is 4.95. The van der Waals surface area contributed by atoms with Crippen molar-refractivity contribution in [3.05, 3.63) is 89.6 Å². The number of likely N-dealkylation sites (tertiary alicyclic amines) is 1. The summed E-state index contributed by atoms with van der Waals surface area (Å²) >= 11 is 0. The van der Waals surface area contributed by atoms with Crippen LogP contribution >= 0.6 is 0 Å². The van der Waals surface area contributed by atoms with Crippen LogP contribution in [0.25, 0.3) is 0 Å². The summed E-state index contributed by atoms with van der Waals surface area (Å²) in [6.07, 6.45) is 4.11. The van der Waals surface area contributed by atoms with Crippen molar-refractivity contribution < 1.29 is 18.0 Å². The number of hydrogen-bond acceptors (Lipinski definition) is 5. The second-order valence-corrected chi connectivity index (χ2v) is 11.0. The molecule has 0 atom stereocenters. The van der Waals surface area contributed by atoms with E-state index >= 15 is 0 Å². The van der Waals surface area contributed by atoms with Crippen molar-refractivity contribution in [1.29, 1.82) is 0 Å². The highest BCUT2D eigenvalue weighted by molar-refractivity contribution is 7.92. The zero-order valence-corrected chi connectivity index (χ0v) is 20.2. The minimum atomic E-state index is -3.44. The molecule has 8 nitrogen and oxygen atoms in total. The van der Waals surface area contributed by atoms with Crippen molar-refractivity contribution in [1.82, 2.24) is 9.88 Å². The number of pyridine rings is 1. The van der Waals surface area contributed by atoms with Gasteiger partial charge in [0.05, 0.1) is 6.26 Å². The highest BCUT2D eigenvalue weighted by Gasteiger charge is 2.48. The number of ketones is 1. The molecule has 2 aromatic carbocycles. The maximum atomic E-state index is 12.9. The van der Waals surface area contributed by atoms with Crippen molar-refractivity contribution in [2.24, 2.45) is 0 Å². The Labute approximate surface area is 204 Å². The van der Waals surface area contributed by atoms with Gasteiger partial charge in [-0.15, -0.1) is 0 Å². The van der Waals surface area contributed by atoms with E-state index in [9.17, 15) is 18.0 Å². The monoisotopic (exact) mass is 490 g/mol. The first kappa shape index (κ1) is 23.0. The lowest BCUT2D eigenvalue weighted by Crippen LogP contribution is -2.48. The average molecular weight is 491 g/mol. The van der Waals surface area contributed by atoms with Crippen molar-refractivity contribution in [3.63, 3.8) is 0 Å². The molecular formula is C26H26N4O4S. The second kappa shape index (κ2) is 8.81. The number of nitrogens with one attached hydrogen (secondary N) is 1. The highest BCUT2D eigenvalue weighted by Crippen LogP contribution is 2.46. The number of urea groups is 1. The molecule has 0 radical (unpaired) electrons. The minimum absolute atomic E-state index is 0.0701. The van der Waals surface area contributed by atoms with Crippen LogP contribution < -0.4 is 9.62 Å². The molecule has 0 unspecified atom stereocenters. The SMILES string of the molecule is CS(=O)(=O)N1CC2(CCN(C(=O)Nc3ccc(C(=O)c4ccccc4)cc3)CC2)c2cccnc21. The Morgan fingerprint density at radius 1 is 0.914 bits per heavy atom. The first-order chi connectivity index (χ1) is 16.8. The van der Waals surface area contributed by atoms with Crippen LogP contribution in [0.2, 0.25) is 0 Å². The predicted molar refractivity (Wildman–Crippen MR) is 134 cm³/mol. The molecule has 1 spiro atoms. The molecule has 1 saturated heterocycles. The molecule has 5 rings (SSSR count). The van der Waals surface area contributed by atoms with Gasteiger partial charge in [0.1, 0.15) is 5.82 Å². The van der Waals surface area contributed by atoms with E-state index in [1.165, 1.54) is 10.6 Å². The molecule has 2 amide bonds. The third-order valence-corrected chi connectivity index (χ3v) is 7.99. The standard InChI is InChI=1S/C26H26N4O4S/c1-35(33,34)30-18-26(22-8-5-15-27-24(22)30)13-16-29(17-14-26)25(32)28-21-11-9-20(10-12-21)23(31)19-6-3-2-4-7-19/h2-12,15H,13-14,16-18H2,1H3,(H,28,32). The molecule has 3 aromatic rings. The number of aromatic nitrogens is 1. The van der Waals surface area contributed by atoms with Crippen LogP contribution in [0.4, 0.5) is 16.3 Å². The summed E-state index contributed by atoms with van der Waals surface area (Å²) in [5.74, 6) is 0.428. The largest absolute Gasteiger partial charge is 0.324 e. The van der Waals surface area contributed by atoms with Crippen molar-refractivity contribution in [3.8, 4) is 0 Å². The number of amides is 2. The number of fused-ring (bicyclic) bond motifs is 2. The van der Waals surface area contributed by atoms with Crippen molar-refractivity contribution in [2.45, 2.75) is 18.3 Å². The van der Waals surface area contributed by atoms with E-state index in [1.807, 2.05) is 30.3 Å². The molecular weight excluding hydrogens is 464 g/mol. The Morgan fingerprint density at radius 2 is 1.57 bits per heavy atom. The Hall–Kier alpha value is -3.72. The number of rotatable bonds is 4. The molecule has 3 heterocycles. The van der Waals surface area contributed by atoms with Crippen LogP contribution in [0, 0.1) is 0 Å². The molecule has 1 aromatic heterocycles. The summed E-state index contributed by atoms with van der Waals surface area (Å²) in [6, 6.07) is 19.5. The Morgan fingerprint density at radius 3 is 2.23 bits per heavy atom. The third-order valence-electron chi connectivity index (χ3n) is 6.88. The van der Waals surface area contributed by atoms with Crippen LogP contribution in [0.3, 0.4) is 0 Å². The summed E-state index contributed by atoms with van der Waals surface area (Å²) in [5, 5.41) is 2.91. The van der Waals surface area contributed by atoms with Gasteiger partial charge in [0.25, 0.3) is 0 Å². The van der Waals surface area contributed by atoms with Crippen LogP contribution in [-0.4, -0.2) is 56.0 Å². The lowest BCUT2D eigenvalue weighted by atomic mass is 9.75. The van der Waals surface area contributed by atoms with Gasteiger partial charge in [-0.1, -0.05) is 36.4 Å². The summed E-state index contributed by atoms with van der Waals surface area (Å²) in [7, 11) is -3.44. The number of carbonyl (C=O) groups is 2. The normalized spacial score (nSPS) is 16.7. The molecule has 0 aliphatic carbocycles. The molecule has 9 heteroatoms. The second-order valence-electron chi connectivity index (χ2n) is 9.11. The van der Waals surface area contributed by atoms with Crippen LogP contribution in [-0.2, 0) is 15.4 Å². The quantitative estimate of drug-likeness (QED) is 0.563. The molecule has 1 N–H and O–H groups in total. The minimum Gasteiger partial charge on any atom is -0.324 e. The van der Waals surface area contributed by atoms with Gasteiger partial charge in [0.2, 0.25) is 10.0 Å². The Kier molecular flexibility index (Phi) is 5.80. The van der Waals surface area contributed by atoms with Crippen LogP contribution in [0.5, 0.6) is 0 Å². The maximum absolute atomic E-state index is 12.9. The maximum Gasteiger partial charge on any atom is 0.321 e. The summed E-state index contributed by atoms with van der Waals surface area (Å²) < 4.78 is 26.1. The zero-order valence-electron chi connectivity index (χ0n) is 19.3. The van der Waals surface area contributed by atoms with Gasteiger partial charge in [-0.2, -0.15) is 0 Å². The highest BCUT2D eigenvalue weighted by atomic mass is 32.2. The van der Waals surface area contributed by atoms with Gasteiger partial charge in [-0.3, -0.25) is 9.10 Å². The summed E-state index contributed by atoms with van der Waals surface area (Å²) in [6.45, 7) is 1.36. The summed E-state index contributed by atoms with van der Waals surface area (Å²) in [4.78, 5) is 31.6. The number of sulfonamides is 1. The predicted octanol–water partition coefficient (Wildman–Crippen LogP) is 3.66. The van der Waals surface area contributed by atoms with E-state index in [0.29, 0.717) is 55.1 Å². The van der Waals surface area contributed by atoms with Crippen LogP contribution in [0.1, 0.15) is 34.3 Å². The number of hydrogen-bond donors (Lipinski definition) is 1. The molecule has 2 aliphatic heterocycles. The van der Waals surface area contributed by atoms with Gasteiger partial charge in [0.15, 0.2) is 5.78 Å². The lowest BCUT2D eigenvalue weighted by Gasteiger charge is -2.39. The first-order valence-corrected chi connectivity index (χ1v) is 13.3. The Bertz CT molecular complexity index is 1370. The fourth-order valence-corrected chi connectivity index (χ4v) is 5.89. The number of nitrogens with zero attached hydrogens (tertiary/aromatic N) is 3. The lowest BCUT2D eigenvalue weighted by molar-refractivity contribution is 0.103. The van der Waals surface area contributed by atoms with E-state index in [2.05, 4.69) is 10.3 Å². The molecule has 35 heavy (non-hydrogen) atoms. The van der Waals surface area contributed by atoms with Gasteiger partial charge < -0.3 is 10.2 Å². The molecule has 0 saturated carbocycles. The number of carbonyl (C=O) groups excluding carboxylic acids is 2. The van der Waals surface area contributed by atoms with Crippen LogP contribution in [0.15, 0.2) is 72.9 Å². The zero-order chi connectivity index (χ0) is 24.6. The number of benzene rings is 2. The average Bonchev–Trinajstić information content (AvgIpc) is 3.19. The molecule has 180 valence electrons. The van der Waals surface area contributed by atoms with Gasteiger partial charge in [-0.25, -0.2) is 18.2 Å². The van der Waals surface area contributed by atoms with E-state index in [1.54, 1.807) is 47.5 Å². The van der Waals surface area contributed by atoms with Crippen molar-refractivity contribution >= 4 is 33.3 Å². The number of piperidine rings is 1. The summed E-state index contributed by atoms with van der Waals surface area (Å²) in [5.41, 5.74) is 2.37. The van der Waals surface area contributed by atoms with E-state index in [4.69, 9.17) is 0 Å². The fraction of sp³-hybridized carbons (Fsp3) is 0.269. The van der Waals surface area contributed by atoms with E-state index in [-0.39, 0.29) is 17.2 Å². The number of anilines is 2. The molecule has 2 aliphatic rings. The molecule has 0 bridgehead atoms. The topological polar surface area (TPSA) is 99.7 Å². The van der Waals surface area contributed by atoms with Gasteiger partial charge in [0, 0.05) is 53.6 Å². The van der Waals surface area contributed by atoms with Gasteiger partial charge in [-0.05, 0) is 43.2 Å². The Balaban J connectivity index is 1.24. The first-order valence-electron chi connectivity index (χ1n) is 11.5. The molecule has 1 fully saturated rings.